The van der Waals surface area contributed by atoms with Gasteiger partial charge in [0.05, 0.1) is 0 Å². The van der Waals surface area contributed by atoms with Gasteiger partial charge in [0.2, 0.25) is 0 Å². The van der Waals surface area contributed by atoms with E-state index in [-0.39, 0.29) is 0 Å². The average Bonchev–Trinajstić information content (AvgIpc) is 3.85. The van der Waals surface area contributed by atoms with Crippen LogP contribution >= 0.6 is 22.7 Å². The molecule has 0 saturated heterocycles. The Morgan fingerprint density at radius 3 is 1.36 bits per heavy atom. The average molecular weight is 745 g/mol. The maximum atomic E-state index is 2.51. The molecular formula is C54H32S2. The van der Waals surface area contributed by atoms with Crippen LogP contribution < -0.4 is 0 Å². The second-order valence-corrected chi connectivity index (χ2v) is 17.4. The zero-order valence-electron chi connectivity index (χ0n) is 30.4. The number of fused-ring (bicyclic) bond motifs is 18. The van der Waals surface area contributed by atoms with Gasteiger partial charge in [0, 0.05) is 51.1 Å². The van der Waals surface area contributed by atoms with Crippen LogP contribution in [0, 0.1) is 0 Å². The molecule has 0 nitrogen and oxygen atoms in total. The van der Waals surface area contributed by atoms with Gasteiger partial charge in [-0.2, -0.15) is 0 Å². The normalized spacial score (nSPS) is 13.1. The number of hydrogen-bond donors (Lipinski definition) is 0. The second kappa shape index (κ2) is 11.6. The summed E-state index contributed by atoms with van der Waals surface area (Å²) in [6.45, 7) is 0. The van der Waals surface area contributed by atoms with Gasteiger partial charge in [-0.1, -0.05) is 146 Å². The molecule has 0 radical (unpaired) electrons. The van der Waals surface area contributed by atoms with Crippen molar-refractivity contribution >= 4 is 123 Å². The number of rotatable bonds is 2. The quantitative estimate of drug-likeness (QED) is 0.122. The standard InChI is InChI=1S/C54H32S2/c1-5-17-37-33(13-1)35-15-3-11-23-43(35)53-51(37)45-29-31(25-27-47(45)55-53)49-39-19-7-9-21-41(39)50(42-22-10-8-20-40(42)49)32-26-28-48-46(30-32)52-38-18-6-2-14-34(38)36-16-4-12-24-44(36)54(52)56-48/h1-5,7-17,19-30H,6,18H2. The summed E-state index contributed by atoms with van der Waals surface area (Å²) in [5.74, 6) is 0. The summed E-state index contributed by atoms with van der Waals surface area (Å²) < 4.78 is 5.48. The summed E-state index contributed by atoms with van der Waals surface area (Å²) in [6, 6.07) is 59.6. The van der Waals surface area contributed by atoms with Gasteiger partial charge in [-0.05, 0) is 114 Å². The van der Waals surface area contributed by atoms with Gasteiger partial charge in [-0.25, -0.2) is 0 Å². The molecule has 56 heavy (non-hydrogen) atoms. The molecule has 0 aliphatic heterocycles. The SMILES string of the molecule is C1=Cc2c(c3c4cc(-c5c6ccccc6c(-c6ccc7sc8c9ccccc9c9ccccc9c8c7c6)c6ccccc56)ccc4sc3c3ccccc23)CC1. The van der Waals surface area contributed by atoms with Crippen molar-refractivity contribution in [1.82, 2.24) is 0 Å². The lowest BCUT2D eigenvalue weighted by Gasteiger charge is -2.18. The molecule has 2 heterocycles. The topological polar surface area (TPSA) is 0 Å². The molecule has 0 fully saturated rings. The smallest absolute Gasteiger partial charge is 0.0440 e. The minimum absolute atomic E-state index is 1.08. The van der Waals surface area contributed by atoms with Gasteiger partial charge in [-0.15, -0.1) is 22.7 Å². The Morgan fingerprint density at radius 1 is 0.357 bits per heavy atom. The highest BCUT2D eigenvalue weighted by atomic mass is 32.1. The van der Waals surface area contributed by atoms with Crippen molar-refractivity contribution in [3.63, 3.8) is 0 Å². The summed E-state index contributed by atoms with van der Waals surface area (Å²) in [7, 11) is 0. The van der Waals surface area contributed by atoms with Crippen LogP contribution in [-0.2, 0) is 6.42 Å². The van der Waals surface area contributed by atoms with Gasteiger partial charge in [0.1, 0.15) is 0 Å². The molecule has 13 rings (SSSR count). The Labute approximate surface area is 331 Å². The Bertz CT molecular complexity index is 3650. The number of hydrogen-bond acceptors (Lipinski definition) is 2. The Morgan fingerprint density at radius 2 is 0.786 bits per heavy atom. The molecule has 0 bridgehead atoms. The molecule has 0 amide bonds. The first-order valence-corrected chi connectivity index (χ1v) is 21.2. The van der Waals surface area contributed by atoms with Crippen molar-refractivity contribution in [2.75, 3.05) is 0 Å². The van der Waals surface area contributed by atoms with E-state index in [1.807, 2.05) is 22.7 Å². The first-order chi connectivity index (χ1) is 27.8. The minimum atomic E-state index is 1.08. The highest BCUT2D eigenvalue weighted by Crippen LogP contribution is 2.50. The van der Waals surface area contributed by atoms with Crippen LogP contribution in [0.25, 0.3) is 123 Å². The van der Waals surface area contributed by atoms with Crippen molar-refractivity contribution in [2.24, 2.45) is 0 Å². The van der Waals surface area contributed by atoms with Crippen molar-refractivity contribution in [1.29, 1.82) is 0 Å². The highest BCUT2D eigenvalue weighted by Gasteiger charge is 2.22. The van der Waals surface area contributed by atoms with E-state index in [0.717, 1.165) is 12.8 Å². The number of benzene rings is 10. The summed E-state index contributed by atoms with van der Waals surface area (Å²) >= 11 is 3.88. The summed E-state index contributed by atoms with van der Waals surface area (Å²) in [4.78, 5) is 0. The predicted molar refractivity (Wildman–Crippen MR) is 248 cm³/mol. The molecule has 2 aromatic heterocycles. The fourth-order valence-electron chi connectivity index (χ4n) is 10.1. The fourth-order valence-corrected chi connectivity index (χ4v) is 12.6. The van der Waals surface area contributed by atoms with Gasteiger partial charge < -0.3 is 0 Å². The van der Waals surface area contributed by atoms with Crippen LogP contribution in [0.15, 0.2) is 164 Å². The predicted octanol–water partition coefficient (Wildman–Crippen LogP) is 16.5. The van der Waals surface area contributed by atoms with Crippen LogP contribution in [0.2, 0.25) is 0 Å². The maximum Gasteiger partial charge on any atom is 0.0440 e. The van der Waals surface area contributed by atoms with Gasteiger partial charge in [0.25, 0.3) is 0 Å². The first-order valence-electron chi connectivity index (χ1n) is 19.6. The Hall–Kier alpha value is -6.32. The molecule has 260 valence electrons. The van der Waals surface area contributed by atoms with E-state index in [9.17, 15) is 0 Å². The van der Waals surface area contributed by atoms with E-state index in [4.69, 9.17) is 0 Å². The van der Waals surface area contributed by atoms with Gasteiger partial charge >= 0.3 is 0 Å². The molecule has 0 N–H and O–H groups in total. The first kappa shape index (κ1) is 30.9. The van der Waals surface area contributed by atoms with E-state index in [1.165, 1.54) is 128 Å². The van der Waals surface area contributed by atoms with Gasteiger partial charge in [0.15, 0.2) is 0 Å². The zero-order chi connectivity index (χ0) is 36.5. The third-order valence-corrected chi connectivity index (χ3v) is 14.9. The fraction of sp³-hybridized carbons (Fsp3) is 0.0370. The molecule has 0 spiro atoms. The van der Waals surface area contributed by atoms with Gasteiger partial charge in [-0.3, -0.25) is 0 Å². The summed E-state index contributed by atoms with van der Waals surface area (Å²) in [6.07, 6.45) is 6.89. The molecule has 0 saturated carbocycles. The Kier molecular flexibility index (Phi) is 6.41. The van der Waals surface area contributed by atoms with E-state index in [2.05, 4.69) is 170 Å². The monoisotopic (exact) mass is 744 g/mol. The molecule has 1 aliphatic carbocycles. The largest absolute Gasteiger partial charge is 0.135 e. The van der Waals surface area contributed by atoms with Crippen LogP contribution in [0.5, 0.6) is 0 Å². The number of aryl methyl sites for hydroxylation is 1. The molecule has 12 aromatic rings. The van der Waals surface area contributed by atoms with Crippen molar-refractivity contribution in [3.8, 4) is 22.3 Å². The Balaban J connectivity index is 1.10. The zero-order valence-corrected chi connectivity index (χ0v) is 32.0. The highest BCUT2D eigenvalue weighted by molar-refractivity contribution is 7.27. The lowest BCUT2D eigenvalue weighted by Crippen LogP contribution is -1.96. The van der Waals surface area contributed by atoms with E-state index >= 15 is 0 Å². The maximum absolute atomic E-state index is 2.51. The van der Waals surface area contributed by atoms with Crippen LogP contribution in [0.1, 0.15) is 17.5 Å². The minimum Gasteiger partial charge on any atom is -0.135 e. The molecule has 1 aliphatic rings. The third kappa shape index (κ3) is 4.18. The van der Waals surface area contributed by atoms with Crippen LogP contribution in [0.3, 0.4) is 0 Å². The van der Waals surface area contributed by atoms with E-state index in [1.54, 1.807) is 0 Å². The molecule has 10 aromatic carbocycles. The number of thiophene rings is 2. The van der Waals surface area contributed by atoms with Crippen molar-refractivity contribution in [3.05, 3.63) is 175 Å². The lowest BCUT2D eigenvalue weighted by molar-refractivity contribution is 1.00. The number of allylic oxidation sites excluding steroid dienone is 1. The lowest BCUT2D eigenvalue weighted by atomic mass is 9.85. The van der Waals surface area contributed by atoms with Crippen LogP contribution in [0.4, 0.5) is 0 Å². The summed E-state index contributed by atoms with van der Waals surface area (Å²) in [5, 5.41) is 18.8. The molecule has 2 heteroatoms. The van der Waals surface area contributed by atoms with Crippen LogP contribution in [-0.4, -0.2) is 0 Å². The molecular weight excluding hydrogens is 713 g/mol. The van der Waals surface area contributed by atoms with E-state index < -0.39 is 0 Å². The molecule has 0 atom stereocenters. The van der Waals surface area contributed by atoms with E-state index in [0.29, 0.717) is 0 Å². The summed E-state index contributed by atoms with van der Waals surface area (Å²) in [5.41, 5.74) is 8.07. The second-order valence-electron chi connectivity index (χ2n) is 15.3. The van der Waals surface area contributed by atoms with Crippen molar-refractivity contribution in [2.45, 2.75) is 12.8 Å². The van der Waals surface area contributed by atoms with Crippen molar-refractivity contribution < 1.29 is 0 Å². The third-order valence-electron chi connectivity index (χ3n) is 12.5. The molecule has 0 unspecified atom stereocenters.